The molecule has 2 aromatic carbocycles. The highest BCUT2D eigenvalue weighted by atomic mass is 32.2. The first-order chi connectivity index (χ1) is 18.9. The lowest BCUT2D eigenvalue weighted by atomic mass is 10.0. The summed E-state index contributed by atoms with van der Waals surface area (Å²) in [5, 5.41) is 0.745. The average Bonchev–Trinajstić information content (AvgIpc) is 2.94. The van der Waals surface area contributed by atoms with Crippen LogP contribution >= 0.6 is 11.8 Å². The van der Waals surface area contributed by atoms with Gasteiger partial charge in [-0.25, -0.2) is 4.98 Å². The maximum absolute atomic E-state index is 13.1. The molecule has 39 heavy (non-hydrogen) atoms. The zero-order valence-electron chi connectivity index (χ0n) is 23.4. The van der Waals surface area contributed by atoms with Gasteiger partial charge in [0.25, 0.3) is 5.56 Å². The zero-order chi connectivity index (χ0) is 27.6. The number of benzene rings is 2. The third-order valence-electron chi connectivity index (χ3n) is 7.23. The lowest BCUT2D eigenvalue weighted by molar-refractivity contribution is -0.132. The van der Waals surface area contributed by atoms with Crippen molar-refractivity contribution < 1.29 is 4.79 Å². The van der Waals surface area contributed by atoms with Gasteiger partial charge in [0.1, 0.15) is 0 Å². The summed E-state index contributed by atoms with van der Waals surface area (Å²) < 4.78 is 1.67. The van der Waals surface area contributed by atoms with Crippen LogP contribution < -0.4 is 5.56 Å². The van der Waals surface area contributed by atoms with Crippen molar-refractivity contribution in [3.63, 3.8) is 0 Å². The Balaban J connectivity index is 1.16. The number of carbonyl (C=O) groups is 1. The highest BCUT2D eigenvalue weighted by Crippen LogP contribution is 2.19. The van der Waals surface area contributed by atoms with Crippen LogP contribution in [0.1, 0.15) is 47.2 Å². The molecule has 4 rings (SSSR count). The van der Waals surface area contributed by atoms with Crippen molar-refractivity contribution in [2.24, 2.45) is 7.05 Å². The van der Waals surface area contributed by atoms with Crippen LogP contribution in [0, 0.1) is 13.8 Å². The molecular formula is C32H40N4O2S. The number of unbranched alkanes of at least 4 members (excludes halogenated alkanes) is 1. The van der Waals surface area contributed by atoms with Crippen molar-refractivity contribution in [2.45, 2.75) is 44.7 Å². The number of aromatic nitrogens is 2. The molecular weight excluding hydrogens is 504 g/mol. The highest BCUT2D eigenvalue weighted by Gasteiger charge is 2.20. The second kappa shape index (κ2) is 14.3. The summed E-state index contributed by atoms with van der Waals surface area (Å²) in [5.74, 6) is 1.09. The molecule has 206 valence electrons. The van der Waals surface area contributed by atoms with Gasteiger partial charge in [-0.05, 0) is 37.8 Å². The summed E-state index contributed by atoms with van der Waals surface area (Å²) >= 11 is 1.60. The first-order valence-corrected chi connectivity index (χ1v) is 14.9. The highest BCUT2D eigenvalue weighted by molar-refractivity contribution is 7.99. The zero-order valence-corrected chi connectivity index (χ0v) is 24.3. The number of hydrogen-bond acceptors (Lipinski definition) is 5. The van der Waals surface area contributed by atoms with Crippen molar-refractivity contribution in [3.05, 3.63) is 99.0 Å². The molecule has 7 heteroatoms. The molecule has 0 atom stereocenters. The maximum Gasteiger partial charge on any atom is 0.257 e. The summed E-state index contributed by atoms with van der Waals surface area (Å²) in [6.07, 6.45) is 7.30. The van der Waals surface area contributed by atoms with Gasteiger partial charge in [-0.3, -0.25) is 19.1 Å². The second-order valence-corrected chi connectivity index (χ2v) is 11.4. The van der Waals surface area contributed by atoms with Gasteiger partial charge in [0.2, 0.25) is 5.91 Å². The van der Waals surface area contributed by atoms with Crippen molar-refractivity contribution in [1.82, 2.24) is 19.4 Å². The minimum Gasteiger partial charge on any atom is -0.340 e. The molecule has 0 saturated carbocycles. The molecule has 3 aromatic rings. The molecule has 0 bridgehead atoms. The summed E-state index contributed by atoms with van der Waals surface area (Å²) in [6, 6.07) is 18.6. The third-order valence-corrected chi connectivity index (χ3v) is 8.34. The fraction of sp³-hybridized carbons (Fsp3) is 0.406. The first kappa shape index (κ1) is 28.8. The second-order valence-electron chi connectivity index (χ2n) is 10.3. The van der Waals surface area contributed by atoms with Crippen molar-refractivity contribution >= 4 is 23.7 Å². The molecule has 1 aliphatic heterocycles. The molecule has 1 aliphatic rings. The van der Waals surface area contributed by atoms with Crippen LogP contribution in [0.4, 0.5) is 0 Å². The molecule has 0 N–H and O–H groups in total. The van der Waals surface area contributed by atoms with E-state index >= 15 is 0 Å². The molecule has 1 saturated heterocycles. The van der Waals surface area contributed by atoms with Crippen LogP contribution in [0.5, 0.6) is 0 Å². The Kier molecular flexibility index (Phi) is 10.6. The molecule has 1 fully saturated rings. The number of hydrogen-bond donors (Lipinski definition) is 0. The average molecular weight is 545 g/mol. The van der Waals surface area contributed by atoms with Crippen LogP contribution in [0.2, 0.25) is 0 Å². The maximum atomic E-state index is 13.1. The van der Waals surface area contributed by atoms with Gasteiger partial charge in [-0.2, -0.15) is 0 Å². The first-order valence-electron chi connectivity index (χ1n) is 13.9. The number of rotatable bonds is 11. The summed E-state index contributed by atoms with van der Waals surface area (Å²) in [5.41, 5.74) is 5.11. The largest absolute Gasteiger partial charge is 0.340 e. The van der Waals surface area contributed by atoms with Gasteiger partial charge in [0.05, 0.1) is 0 Å². The predicted octanol–water partition coefficient (Wildman–Crippen LogP) is 5.11. The van der Waals surface area contributed by atoms with Crippen molar-refractivity contribution in [2.75, 3.05) is 38.5 Å². The number of aryl methyl sites for hydroxylation is 2. The standard InChI is InChI=1S/C32H40N4O2S/c1-25-11-9-14-28(23-25)24-29-26(2)33-32(34(3)31(29)38)39-22-8-7-16-30(37)36-20-18-35(19-21-36)17-10-15-27-12-5-4-6-13-27/h4-6,9-15,23H,7-8,16-22,24H2,1-3H3/b15-10+. The van der Waals surface area contributed by atoms with E-state index in [1.54, 1.807) is 23.4 Å². The third kappa shape index (κ3) is 8.41. The molecule has 0 unspecified atom stereocenters. The van der Waals surface area contributed by atoms with E-state index in [-0.39, 0.29) is 11.5 Å². The fourth-order valence-corrected chi connectivity index (χ4v) is 5.88. The van der Waals surface area contributed by atoms with Gasteiger partial charge in [0, 0.05) is 69.6 Å². The Morgan fingerprint density at radius 2 is 1.77 bits per heavy atom. The molecule has 1 amide bonds. The molecule has 0 radical (unpaired) electrons. The fourth-order valence-electron chi connectivity index (χ4n) is 4.87. The van der Waals surface area contributed by atoms with E-state index in [1.807, 2.05) is 36.1 Å². The Labute approximate surface area is 236 Å². The van der Waals surface area contributed by atoms with Gasteiger partial charge in [-0.15, -0.1) is 0 Å². The molecule has 6 nitrogen and oxygen atoms in total. The van der Waals surface area contributed by atoms with Crippen LogP contribution in [-0.4, -0.2) is 63.7 Å². The van der Waals surface area contributed by atoms with E-state index in [0.29, 0.717) is 12.8 Å². The monoisotopic (exact) mass is 544 g/mol. The number of thioether (sulfide) groups is 1. The Hall–Kier alpha value is -3.16. The minimum absolute atomic E-state index is 0.0244. The summed E-state index contributed by atoms with van der Waals surface area (Å²) in [6.45, 7) is 8.33. The van der Waals surface area contributed by atoms with E-state index in [9.17, 15) is 9.59 Å². The SMILES string of the molecule is Cc1cccc(Cc2c(C)nc(SCCCCC(=O)N3CCN(C/C=C/c4ccccc4)CC3)n(C)c2=O)c1. The lowest BCUT2D eigenvalue weighted by Crippen LogP contribution is -2.48. The van der Waals surface area contributed by atoms with E-state index in [1.165, 1.54) is 11.1 Å². The topological polar surface area (TPSA) is 58.4 Å². The minimum atomic E-state index is 0.0244. The van der Waals surface area contributed by atoms with Crippen LogP contribution in [0.15, 0.2) is 70.6 Å². The quantitative estimate of drug-likeness (QED) is 0.191. The Bertz CT molecular complexity index is 1330. The molecule has 0 spiro atoms. The van der Waals surface area contributed by atoms with Gasteiger partial charge >= 0.3 is 0 Å². The molecule has 2 heterocycles. The summed E-state index contributed by atoms with van der Waals surface area (Å²) in [4.78, 5) is 34.9. The summed E-state index contributed by atoms with van der Waals surface area (Å²) in [7, 11) is 1.80. The van der Waals surface area contributed by atoms with Crippen LogP contribution in [-0.2, 0) is 18.3 Å². The number of carbonyl (C=O) groups excluding carboxylic acids is 1. The Morgan fingerprint density at radius 1 is 1.00 bits per heavy atom. The molecule has 0 aliphatic carbocycles. The van der Waals surface area contributed by atoms with Crippen molar-refractivity contribution in [1.29, 1.82) is 0 Å². The van der Waals surface area contributed by atoms with E-state index in [4.69, 9.17) is 4.98 Å². The normalized spacial score (nSPS) is 14.3. The number of amides is 1. The predicted molar refractivity (Wildman–Crippen MR) is 161 cm³/mol. The Morgan fingerprint density at radius 3 is 2.51 bits per heavy atom. The number of nitrogens with zero attached hydrogens (tertiary/aromatic N) is 4. The van der Waals surface area contributed by atoms with Gasteiger partial charge in [-0.1, -0.05) is 84.1 Å². The van der Waals surface area contributed by atoms with E-state index < -0.39 is 0 Å². The van der Waals surface area contributed by atoms with Crippen LogP contribution in [0.25, 0.3) is 6.08 Å². The van der Waals surface area contributed by atoms with E-state index in [2.05, 4.69) is 54.3 Å². The number of piperazine rings is 1. The van der Waals surface area contributed by atoms with Crippen molar-refractivity contribution in [3.8, 4) is 0 Å². The van der Waals surface area contributed by atoms with Crippen LogP contribution in [0.3, 0.4) is 0 Å². The van der Waals surface area contributed by atoms with Gasteiger partial charge < -0.3 is 4.90 Å². The van der Waals surface area contributed by atoms with E-state index in [0.717, 1.165) is 73.3 Å². The molecule has 1 aromatic heterocycles. The lowest BCUT2D eigenvalue weighted by Gasteiger charge is -2.34. The van der Waals surface area contributed by atoms with Gasteiger partial charge in [0.15, 0.2) is 5.16 Å². The smallest absolute Gasteiger partial charge is 0.257 e.